The average Bonchev–Trinajstić information content (AvgIpc) is 1.79. The lowest BCUT2D eigenvalue weighted by molar-refractivity contribution is -0.131. The number of amides is 1. The van der Waals surface area contributed by atoms with Crippen molar-refractivity contribution in [3.05, 3.63) is 12.2 Å². The number of carbonyl (C=O) groups is 2. The topological polar surface area (TPSA) is 92.4 Å². The number of nitrogens with one attached hydrogen (secondary N) is 1. The molecule has 5 nitrogen and oxygen atoms in total. The van der Waals surface area contributed by atoms with Crippen LogP contribution in [0.5, 0.6) is 0 Å². The number of aliphatic carboxylic acids is 1. The predicted octanol–water partition coefficient (Wildman–Crippen LogP) is -0.562. The molecule has 0 rings (SSSR count). The van der Waals surface area contributed by atoms with E-state index < -0.39 is 17.5 Å². The van der Waals surface area contributed by atoms with Gasteiger partial charge in [-0.3, -0.25) is 4.79 Å². The highest BCUT2D eigenvalue weighted by atomic mass is 16.4. The third-order valence-electron chi connectivity index (χ3n) is 0.823. The van der Waals surface area contributed by atoms with Crippen LogP contribution in [0.2, 0.25) is 0 Å². The summed E-state index contributed by atoms with van der Waals surface area (Å²) in [6, 6.07) is 0. The van der Waals surface area contributed by atoms with Crippen LogP contribution in [0.25, 0.3) is 0 Å². The molecule has 0 aromatic carbocycles. The van der Waals surface area contributed by atoms with Crippen molar-refractivity contribution in [2.24, 2.45) is 5.73 Å². The van der Waals surface area contributed by atoms with Gasteiger partial charge in [0.05, 0.1) is 5.66 Å². The van der Waals surface area contributed by atoms with Gasteiger partial charge >= 0.3 is 5.97 Å². The lowest BCUT2D eigenvalue weighted by Crippen LogP contribution is -2.50. The molecule has 0 aromatic heterocycles. The molecule has 68 valence electrons. The smallest absolute Gasteiger partial charge is 0.328 e. The monoisotopic (exact) mass is 172 g/mol. The molecule has 0 atom stereocenters. The van der Waals surface area contributed by atoms with Crippen molar-refractivity contribution in [1.29, 1.82) is 0 Å². The summed E-state index contributed by atoms with van der Waals surface area (Å²) in [5.41, 5.74) is 4.60. The van der Waals surface area contributed by atoms with Crippen molar-refractivity contribution in [3.8, 4) is 0 Å². The van der Waals surface area contributed by atoms with Crippen LogP contribution in [0.15, 0.2) is 12.2 Å². The van der Waals surface area contributed by atoms with E-state index in [2.05, 4.69) is 5.32 Å². The highest BCUT2D eigenvalue weighted by Gasteiger charge is 2.11. The standard InChI is InChI=1S/C7H12N2O3/c1-7(2,8)9-5(10)3-4-6(11)12/h3-4H,8H2,1-2H3,(H,9,10)(H,11,12)/b4-3-. The molecule has 0 saturated carbocycles. The minimum absolute atomic E-state index is 0.523. The maximum absolute atomic E-state index is 10.8. The molecule has 0 aromatic rings. The Kier molecular flexibility index (Phi) is 3.43. The number of carboxylic acids is 1. The first kappa shape index (κ1) is 10.6. The summed E-state index contributed by atoms with van der Waals surface area (Å²) in [5, 5.41) is 10.5. The van der Waals surface area contributed by atoms with Gasteiger partial charge in [0.2, 0.25) is 5.91 Å². The molecule has 0 spiro atoms. The molecular weight excluding hydrogens is 160 g/mol. The van der Waals surface area contributed by atoms with Crippen LogP contribution >= 0.6 is 0 Å². The Balaban J connectivity index is 3.99. The van der Waals surface area contributed by atoms with Crippen LogP contribution in [0, 0.1) is 0 Å². The zero-order valence-corrected chi connectivity index (χ0v) is 7.00. The first-order valence-electron chi connectivity index (χ1n) is 3.33. The van der Waals surface area contributed by atoms with Crippen molar-refractivity contribution >= 4 is 11.9 Å². The van der Waals surface area contributed by atoms with E-state index in [0.29, 0.717) is 0 Å². The quantitative estimate of drug-likeness (QED) is 0.393. The molecule has 0 heterocycles. The van der Waals surface area contributed by atoms with Crippen LogP contribution in [0.4, 0.5) is 0 Å². The SMILES string of the molecule is CC(C)(N)NC(=O)/C=C\C(=O)O. The molecule has 1 amide bonds. The lowest BCUT2D eigenvalue weighted by atomic mass is 10.2. The van der Waals surface area contributed by atoms with Crippen LogP contribution in [-0.2, 0) is 9.59 Å². The zero-order valence-electron chi connectivity index (χ0n) is 7.00. The molecule has 0 aliphatic carbocycles. The number of nitrogens with two attached hydrogens (primary N) is 1. The van der Waals surface area contributed by atoms with E-state index in [-0.39, 0.29) is 0 Å². The minimum atomic E-state index is -1.17. The number of carboxylic acid groups (broad SMARTS) is 1. The van der Waals surface area contributed by atoms with Crippen molar-refractivity contribution in [2.45, 2.75) is 19.5 Å². The first-order valence-corrected chi connectivity index (χ1v) is 3.33. The van der Waals surface area contributed by atoms with Gasteiger partial charge in [-0.2, -0.15) is 0 Å². The minimum Gasteiger partial charge on any atom is -0.478 e. The lowest BCUT2D eigenvalue weighted by Gasteiger charge is -2.18. The number of carbonyl (C=O) groups excluding carboxylic acids is 1. The van der Waals surface area contributed by atoms with Crippen molar-refractivity contribution < 1.29 is 14.7 Å². The predicted molar refractivity (Wildman–Crippen MR) is 43.2 cm³/mol. The van der Waals surface area contributed by atoms with Crippen molar-refractivity contribution in [3.63, 3.8) is 0 Å². The van der Waals surface area contributed by atoms with Crippen molar-refractivity contribution in [2.75, 3.05) is 0 Å². The molecule has 0 aliphatic heterocycles. The molecule has 0 unspecified atom stereocenters. The Bertz CT molecular complexity index is 215. The summed E-state index contributed by atoms with van der Waals surface area (Å²) in [4.78, 5) is 20.8. The third kappa shape index (κ3) is 6.76. The summed E-state index contributed by atoms with van der Waals surface area (Å²) in [7, 11) is 0. The fourth-order valence-corrected chi connectivity index (χ4v) is 0.506. The third-order valence-corrected chi connectivity index (χ3v) is 0.823. The van der Waals surface area contributed by atoms with E-state index in [1.807, 2.05) is 0 Å². The molecular formula is C7H12N2O3. The highest BCUT2D eigenvalue weighted by Crippen LogP contribution is 1.89. The Labute approximate surface area is 70.2 Å². The second-order valence-electron chi connectivity index (χ2n) is 2.88. The van der Waals surface area contributed by atoms with Gasteiger partial charge in [-0.1, -0.05) is 0 Å². The highest BCUT2D eigenvalue weighted by molar-refractivity contribution is 5.94. The Morgan fingerprint density at radius 2 is 1.92 bits per heavy atom. The average molecular weight is 172 g/mol. The second-order valence-corrected chi connectivity index (χ2v) is 2.88. The van der Waals surface area contributed by atoms with Crippen LogP contribution < -0.4 is 11.1 Å². The summed E-state index contributed by atoms with van der Waals surface area (Å²) in [6.45, 7) is 3.19. The molecule has 0 radical (unpaired) electrons. The fourth-order valence-electron chi connectivity index (χ4n) is 0.506. The zero-order chi connectivity index (χ0) is 9.78. The van der Waals surface area contributed by atoms with Gasteiger partial charge in [-0.05, 0) is 13.8 Å². The van der Waals surface area contributed by atoms with Crippen LogP contribution in [0.1, 0.15) is 13.8 Å². The normalized spacial score (nSPS) is 11.6. The molecule has 4 N–H and O–H groups in total. The molecule has 12 heavy (non-hydrogen) atoms. The van der Waals surface area contributed by atoms with E-state index in [1.54, 1.807) is 13.8 Å². The Morgan fingerprint density at radius 1 is 1.42 bits per heavy atom. The van der Waals surface area contributed by atoms with Crippen molar-refractivity contribution in [1.82, 2.24) is 5.32 Å². The maximum atomic E-state index is 10.8. The van der Waals surface area contributed by atoms with Gasteiger partial charge in [-0.15, -0.1) is 0 Å². The van der Waals surface area contributed by atoms with E-state index in [4.69, 9.17) is 10.8 Å². The fraction of sp³-hybridized carbons (Fsp3) is 0.429. The molecule has 5 heteroatoms. The first-order chi connectivity index (χ1) is 5.31. The number of rotatable bonds is 3. The van der Waals surface area contributed by atoms with Gasteiger partial charge in [0.25, 0.3) is 0 Å². The van der Waals surface area contributed by atoms with Crippen LogP contribution in [-0.4, -0.2) is 22.6 Å². The Morgan fingerprint density at radius 3 is 2.25 bits per heavy atom. The van der Waals surface area contributed by atoms with Gasteiger partial charge in [0.15, 0.2) is 0 Å². The van der Waals surface area contributed by atoms with Gasteiger partial charge in [0.1, 0.15) is 0 Å². The van der Waals surface area contributed by atoms with Crippen LogP contribution in [0.3, 0.4) is 0 Å². The maximum Gasteiger partial charge on any atom is 0.328 e. The van der Waals surface area contributed by atoms with Gasteiger partial charge in [0, 0.05) is 12.2 Å². The second kappa shape index (κ2) is 3.87. The van der Waals surface area contributed by atoms with E-state index >= 15 is 0 Å². The summed E-state index contributed by atoms with van der Waals surface area (Å²) in [5.74, 6) is -1.69. The Hall–Kier alpha value is -1.36. The number of hydrogen-bond donors (Lipinski definition) is 3. The molecule has 0 bridgehead atoms. The van der Waals surface area contributed by atoms with Gasteiger partial charge < -0.3 is 16.2 Å². The molecule has 0 fully saturated rings. The van der Waals surface area contributed by atoms with E-state index in [0.717, 1.165) is 12.2 Å². The molecule has 0 saturated heterocycles. The van der Waals surface area contributed by atoms with Gasteiger partial charge in [-0.25, -0.2) is 4.79 Å². The summed E-state index contributed by atoms with van der Waals surface area (Å²) < 4.78 is 0. The summed E-state index contributed by atoms with van der Waals surface area (Å²) in [6.07, 6.45) is 1.66. The number of hydrogen-bond acceptors (Lipinski definition) is 3. The van der Waals surface area contributed by atoms with E-state index in [9.17, 15) is 9.59 Å². The largest absolute Gasteiger partial charge is 0.478 e. The summed E-state index contributed by atoms with van der Waals surface area (Å²) >= 11 is 0. The van der Waals surface area contributed by atoms with E-state index in [1.165, 1.54) is 0 Å². The molecule has 0 aliphatic rings.